The van der Waals surface area contributed by atoms with Gasteiger partial charge in [0.1, 0.15) is 0 Å². The Morgan fingerprint density at radius 1 is 1.10 bits per heavy atom. The van der Waals surface area contributed by atoms with Crippen LogP contribution in [0.4, 0.5) is 0 Å². The number of nitrogens with zero attached hydrogens (tertiary/aromatic N) is 1. The van der Waals surface area contributed by atoms with Crippen molar-refractivity contribution in [2.45, 2.75) is 74.1 Å². The fraction of sp³-hybridized carbons (Fsp3) is 0.667. The molecule has 0 spiro atoms. The molecule has 0 fully saturated rings. The minimum Gasteiger partial charge on any atom is -0.272 e. The Labute approximate surface area is 125 Å². The normalized spacial score (nSPS) is 13.3. The first-order chi connectivity index (χ1) is 9.16. The zero-order valence-corrected chi connectivity index (χ0v) is 14.3. The van der Waals surface area contributed by atoms with Crippen LogP contribution in [0.3, 0.4) is 0 Å². The molecule has 0 heterocycles. The molecule has 0 aromatic heterocycles. The van der Waals surface area contributed by atoms with Crippen LogP contribution in [0.15, 0.2) is 28.3 Å². The van der Waals surface area contributed by atoms with Gasteiger partial charge in [0, 0.05) is 11.1 Å². The first kappa shape index (κ1) is 18.8. The van der Waals surface area contributed by atoms with Crippen molar-refractivity contribution in [3.8, 4) is 0 Å². The number of carbonyl (C=O) groups excluding carboxylic acids is 1. The van der Waals surface area contributed by atoms with E-state index in [0.29, 0.717) is 0 Å². The molecule has 0 rings (SSSR count). The minimum atomic E-state index is -0.400. The zero-order chi connectivity index (χ0) is 15.8. The number of amides is 1. The van der Waals surface area contributed by atoms with Crippen molar-refractivity contribution < 1.29 is 4.79 Å². The second-order valence-electron chi connectivity index (χ2n) is 6.72. The van der Waals surface area contributed by atoms with E-state index in [0.717, 1.165) is 31.4 Å². The molecule has 0 aliphatic rings. The van der Waals surface area contributed by atoms with Crippen LogP contribution < -0.4 is 0 Å². The third kappa shape index (κ3) is 8.84. The smallest absolute Gasteiger partial charge is 0.251 e. The van der Waals surface area contributed by atoms with Crippen LogP contribution in [0, 0.1) is 5.41 Å². The van der Waals surface area contributed by atoms with Crippen molar-refractivity contribution in [1.29, 1.82) is 0 Å². The summed E-state index contributed by atoms with van der Waals surface area (Å²) in [5.41, 5.74) is 3.16. The summed E-state index contributed by atoms with van der Waals surface area (Å²) in [6.45, 7) is 14.2. The Morgan fingerprint density at radius 3 is 2.15 bits per heavy atom. The number of hydrogen-bond donors (Lipinski definition) is 0. The van der Waals surface area contributed by atoms with Crippen LogP contribution >= 0.6 is 0 Å². The molecule has 0 aromatic carbocycles. The Morgan fingerprint density at radius 2 is 1.70 bits per heavy atom. The summed E-state index contributed by atoms with van der Waals surface area (Å²) in [5.74, 6) is -0.0331. The van der Waals surface area contributed by atoms with Gasteiger partial charge in [0.25, 0.3) is 5.91 Å². The minimum absolute atomic E-state index is 0.0331. The van der Waals surface area contributed by atoms with E-state index < -0.39 is 5.41 Å². The van der Waals surface area contributed by atoms with Gasteiger partial charge in [0.2, 0.25) is 0 Å². The second-order valence-corrected chi connectivity index (χ2v) is 6.72. The number of rotatable bonds is 6. The largest absolute Gasteiger partial charge is 0.272 e. The molecule has 0 atom stereocenters. The Balaban J connectivity index is 4.88. The van der Waals surface area contributed by atoms with Gasteiger partial charge in [-0.05, 0) is 46.1 Å². The average Bonchev–Trinajstić information content (AvgIpc) is 2.27. The highest BCUT2D eigenvalue weighted by molar-refractivity contribution is 6.03. The van der Waals surface area contributed by atoms with E-state index in [4.69, 9.17) is 0 Å². The summed E-state index contributed by atoms with van der Waals surface area (Å²) in [6, 6.07) is 0. The number of carbonyl (C=O) groups is 1. The molecular formula is C18H31NO. The van der Waals surface area contributed by atoms with Gasteiger partial charge < -0.3 is 0 Å². The molecule has 0 unspecified atom stereocenters. The third-order valence-corrected chi connectivity index (χ3v) is 2.90. The van der Waals surface area contributed by atoms with Gasteiger partial charge in [0.15, 0.2) is 0 Å². The first-order valence-electron chi connectivity index (χ1n) is 7.59. The van der Waals surface area contributed by atoms with Gasteiger partial charge in [-0.1, -0.05) is 51.3 Å². The number of allylic oxidation sites excluding steroid dienone is 4. The van der Waals surface area contributed by atoms with Crippen molar-refractivity contribution in [2.24, 2.45) is 10.4 Å². The maximum Gasteiger partial charge on any atom is 0.251 e. The molecule has 114 valence electrons. The standard InChI is InChI=1S/C18H31NO/c1-8-10-16(19-17(20)18(5,6)7)13-15(4)12-9-11-14(2)3/h11,13H,8-10,12H2,1-7H3/b15-13-,19-16?. The van der Waals surface area contributed by atoms with Crippen LogP contribution in [0.25, 0.3) is 0 Å². The lowest BCUT2D eigenvalue weighted by Crippen LogP contribution is -2.19. The molecule has 0 saturated carbocycles. The molecule has 2 nitrogen and oxygen atoms in total. The maximum absolute atomic E-state index is 12.0. The van der Waals surface area contributed by atoms with Gasteiger partial charge >= 0.3 is 0 Å². The molecule has 0 N–H and O–H groups in total. The first-order valence-corrected chi connectivity index (χ1v) is 7.59. The van der Waals surface area contributed by atoms with Crippen molar-refractivity contribution in [1.82, 2.24) is 0 Å². The Hall–Kier alpha value is -1.18. The van der Waals surface area contributed by atoms with Crippen LogP contribution in [0.5, 0.6) is 0 Å². The Kier molecular flexibility index (Phi) is 8.36. The molecule has 0 saturated heterocycles. The molecule has 20 heavy (non-hydrogen) atoms. The molecular weight excluding hydrogens is 246 g/mol. The lowest BCUT2D eigenvalue weighted by atomic mass is 9.96. The van der Waals surface area contributed by atoms with Gasteiger partial charge in [-0.25, -0.2) is 4.99 Å². The van der Waals surface area contributed by atoms with Gasteiger partial charge in [-0.2, -0.15) is 0 Å². The summed E-state index contributed by atoms with van der Waals surface area (Å²) < 4.78 is 0. The van der Waals surface area contributed by atoms with Gasteiger partial charge in [-0.15, -0.1) is 0 Å². The van der Waals surface area contributed by atoms with Crippen molar-refractivity contribution in [3.05, 3.63) is 23.3 Å². The molecule has 0 aliphatic carbocycles. The van der Waals surface area contributed by atoms with Crippen LogP contribution in [-0.2, 0) is 4.79 Å². The number of aliphatic imine (C=N–C) groups is 1. The fourth-order valence-corrected chi connectivity index (χ4v) is 1.66. The molecule has 0 bridgehead atoms. The Bertz CT molecular complexity index is 402. The summed E-state index contributed by atoms with van der Waals surface area (Å²) in [7, 11) is 0. The van der Waals surface area contributed by atoms with Crippen molar-refractivity contribution in [3.63, 3.8) is 0 Å². The highest BCUT2D eigenvalue weighted by atomic mass is 16.1. The highest BCUT2D eigenvalue weighted by Crippen LogP contribution is 2.16. The van der Waals surface area contributed by atoms with E-state index in [1.54, 1.807) is 0 Å². The van der Waals surface area contributed by atoms with Crippen molar-refractivity contribution in [2.75, 3.05) is 0 Å². The second kappa shape index (κ2) is 8.89. The van der Waals surface area contributed by atoms with Crippen molar-refractivity contribution >= 4 is 11.6 Å². The lowest BCUT2D eigenvalue weighted by Gasteiger charge is -2.13. The predicted molar refractivity (Wildman–Crippen MR) is 89.2 cm³/mol. The number of hydrogen-bond acceptors (Lipinski definition) is 1. The topological polar surface area (TPSA) is 29.4 Å². The highest BCUT2D eigenvalue weighted by Gasteiger charge is 2.20. The third-order valence-electron chi connectivity index (χ3n) is 2.90. The summed E-state index contributed by atoms with van der Waals surface area (Å²) >= 11 is 0. The summed E-state index contributed by atoms with van der Waals surface area (Å²) in [5, 5.41) is 0. The molecule has 2 heteroatoms. The van der Waals surface area contributed by atoms with E-state index in [-0.39, 0.29) is 5.91 Å². The SMILES string of the molecule is CCCC(/C=C(/C)CCC=C(C)C)=NC(=O)C(C)(C)C. The fourth-order valence-electron chi connectivity index (χ4n) is 1.66. The zero-order valence-electron chi connectivity index (χ0n) is 14.3. The molecule has 0 aromatic rings. The van der Waals surface area contributed by atoms with Crippen LogP contribution in [0.2, 0.25) is 0 Å². The monoisotopic (exact) mass is 277 g/mol. The average molecular weight is 277 g/mol. The van der Waals surface area contributed by atoms with E-state index in [9.17, 15) is 4.79 Å². The maximum atomic E-state index is 12.0. The van der Waals surface area contributed by atoms with E-state index in [1.807, 2.05) is 20.8 Å². The van der Waals surface area contributed by atoms with Crippen LogP contribution in [0.1, 0.15) is 74.1 Å². The van der Waals surface area contributed by atoms with Gasteiger partial charge in [0.05, 0.1) is 0 Å². The lowest BCUT2D eigenvalue weighted by molar-refractivity contribution is -0.124. The molecule has 0 aliphatic heterocycles. The van der Waals surface area contributed by atoms with Crippen LogP contribution in [-0.4, -0.2) is 11.6 Å². The predicted octanol–water partition coefficient (Wildman–Crippen LogP) is 5.49. The van der Waals surface area contributed by atoms with E-state index in [2.05, 4.69) is 44.8 Å². The van der Waals surface area contributed by atoms with E-state index in [1.165, 1.54) is 11.1 Å². The quantitative estimate of drug-likeness (QED) is 0.466. The summed E-state index contributed by atoms with van der Waals surface area (Å²) in [4.78, 5) is 16.3. The van der Waals surface area contributed by atoms with Gasteiger partial charge in [-0.3, -0.25) is 4.79 Å². The molecule has 0 radical (unpaired) electrons. The molecule has 1 amide bonds. The van der Waals surface area contributed by atoms with E-state index >= 15 is 0 Å². The summed E-state index contributed by atoms with van der Waals surface area (Å²) in [6.07, 6.45) is 8.28.